The number of carbonyl (C=O) groups is 2. The Labute approximate surface area is 119 Å². The number of carbonyl (C=O) groups excluding carboxylic acids is 2. The number of halogens is 1. The Hall–Kier alpha value is -1.91. The molecule has 1 rings (SSSR count). The van der Waals surface area contributed by atoms with Crippen LogP contribution in [-0.2, 0) is 16.0 Å². The van der Waals surface area contributed by atoms with Crippen LogP contribution in [0.2, 0.25) is 0 Å². The summed E-state index contributed by atoms with van der Waals surface area (Å²) in [5.41, 5.74) is 0.330. The van der Waals surface area contributed by atoms with Crippen molar-refractivity contribution in [3.63, 3.8) is 0 Å². The van der Waals surface area contributed by atoms with Gasteiger partial charge in [0.25, 0.3) is 0 Å². The van der Waals surface area contributed by atoms with E-state index in [2.05, 4.69) is 12.2 Å². The summed E-state index contributed by atoms with van der Waals surface area (Å²) < 4.78 is 13.4. The van der Waals surface area contributed by atoms with E-state index in [-0.39, 0.29) is 24.8 Å². The maximum atomic E-state index is 13.4. The molecule has 0 aliphatic heterocycles. The first-order valence-electron chi connectivity index (χ1n) is 6.78. The molecule has 4 nitrogen and oxygen atoms in total. The lowest BCUT2D eigenvalue weighted by Crippen LogP contribution is -2.39. The maximum absolute atomic E-state index is 13.4. The lowest BCUT2D eigenvalue weighted by atomic mass is 10.1. The van der Waals surface area contributed by atoms with Crippen molar-refractivity contribution < 1.29 is 14.0 Å². The summed E-state index contributed by atoms with van der Waals surface area (Å²) >= 11 is 0. The molecule has 0 unspecified atom stereocenters. The Morgan fingerprint density at radius 3 is 2.65 bits per heavy atom. The van der Waals surface area contributed by atoms with Crippen LogP contribution < -0.4 is 5.32 Å². The smallest absolute Gasteiger partial charge is 0.241 e. The molecule has 0 fully saturated rings. The van der Waals surface area contributed by atoms with Crippen LogP contribution >= 0.6 is 0 Å². The van der Waals surface area contributed by atoms with Crippen LogP contribution in [-0.4, -0.2) is 36.9 Å². The minimum absolute atomic E-state index is 0.0481. The molecule has 0 saturated carbocycles. The highest BCUT2D eigenvalue weighted by atomic mass is 19.1. The third-order valence-corrected chi connectivity index (χ3v) is 3.02. The Kier molecular flexibility index (Phi) is 6.70. The number of unbranched alkanes of at least 4 members (excludes halogenated alkanes) is 1. The predicted molar refractivity (Wildman–Crippen MR) is 75.7 cm³/mol. The Balaban J connectivity index is 2.36. The lowest BCUT2D eigenvalue weighted by Gasteiger charge is -2.17. The summed E-state index contributed by atoms with van der Waals surface area (Å²) in [5.74, 6) is -0.901. The van der Waals surface area contributed by atoms with Crippen LogP contribution in [0, 0.1) is 5.82 Å². The van der Waals surface area contributed by atoms with Crippen molar-refractivity contribution in [3.8, 4) is 0 Å². The molecule has 0 atom stereocenters. The molecule has 0 saturated heterocycles. The van der Waals surface area contributed by atoms with Gasteiger partial charge in [-0.05, 0) is 18.1 Å². The van der Waals surface area contributed by atoms with Gasteiger partial charge in [-0.3, -0.25) is 9.59 Å². The minimum atomic E-state index is -0.408. The van der Waals surface area contributed by atoms with Gasteiger partial charge in [0.15, 0.2) is 0 Å². The van der Waals surface area contributed by atoms with Gasteiger partial charge in [-0.15, -0.1) is 0 Å². The first kappa shape index (κ1) is 16.1. The van der Waals surface area contributed by atoms with Gasteiger partial charge >= 0.3 is 0 Å². The quantitative estimate of drug-likeness (QED) is 0.827. The number of rotatable bonds is 7. The molecular formula is C15H21FN2O2. The van der Waals surface area contributed by atoms with Gasteiger partial charge in [0.2, 0.25) is 11.8 Å². The molecule has 2 amide bonds. The van der Waals surface area contributed by atoms with Crippen LogP contribution in [0.25, 0.3) is 0 Å². The van der Waals surface area contributed by atoms with Crippen molar-refractivity contribution in [3.05, 3.63) is 35.6 Å². The zero-order chi connectivity index (χ0) is 15.0. The van der Waals surface area contributed by atoms with Gasteiger partial charge in [-0.2, -0.15) is 0 Å². The largest absolute Gasteiger partial charge is 0.347 e. The fourth-order valence-electron chi connectivity index (χ4n) is 1.71. The monoisotopic (exact) mass is 280 g/mol. The first-order chi connectivity index (χ1) is 9.54. The molecule has 0 aromatic heterocycles. The maximum Gasteiger partial charge on any atom is 0.241 e. The predicted octanol–water partition coefficient (Wildman–Crippen LogP) is 1.74. The van der Waals surface area contributed by atoms with Crippen molar-refractivity contribution in [2.75, 3.05) is 20.1 Å². The van der Waals surface area contributed by atoms with Gasteiger partial charge in [0.05, 0.1) is 13.0 Å². The molecule has 1 N–H and O–H groups in total. The molecule has 1 aromatic rings. The standard InChI is InChI=1S/C15H21FN2O2/c1-3-4-9-18(2)15(20)11-17-14(19)10-12-7-5-6-8-13(12)16/h5-8H,3-4,9-11H2,1-2H3,(H,17,19). The summed E-state index contributed by atoms with van der Waals surface area (Å²) in [6, 6.07) is 6.12. The third kappa shape index (κ3) is 5.38. The van der Waals surface area contributed by atoms with Crippen molar-refractivity contribution >= 4 is 11.8 Å². The second-order valence-corrected chi connectivity index (χ2v) is 4.71. The fourth-order valence-corrected chi connectivity index (χ4v) is 1.71. The average Bonchev–Trinajstić information content (AvgIpc) is 2.44. The van der Waals surface area contributed by atoms with E-state index in [9.17, 15) is 14.0 Å². The first-order valence-corrected chi connectivity index (χ1v) is 6.78. The van der Waals surface area contributed by atoms with E-state index in [1.807, 2.05) is 0 Å². The van der Waals surface area contributed by atoms with Crippen molar-refractivity contribution in [2.45, 2.75) is 26.2 Å². The molecule has 0 aliphatic rings. The number of benzene rings is 1. The van der Waals surface area contributed by atoms with E-state index in [1.54, 1.807) is 30.1 Å². The summed E-state index contributed by atoms with van der Waals surface area (Å²) in [6.45, 7) is 2.68. The summed E-state index contributed by atoms with van der Waals surface area (Å²) in [5, 5.41) is 2.52. The van der Waals surface area contributed by atoms with Gasteiger partial charge in [-0.25, -0.2) is 4.39 Å². The second-order valence-electron chi connectivity index (χ2n) is 4.71. The molecule has 1 aromatic carbocycles. The highest BCUT2D eigenvalue weighted by Gasteiger charge is 2.11. The molecule has 5 heteroatoms. The SMILES string of the molecule is CCCCN(C)C(=O)CNC(=O)Cc1ccccc1F. The molecule has 0 bridgehead atoms. The minimum Gasteiger partial charge on any atom is -0.347 e. The number of amides is 2. The van der Waals surface area contributed by atoms with E-state index in [0.29, 0.717) is 12.1 Å². The summed E-state index contributed by atoms with van der Waals surface area (Å²) in [4.78, 5) is 25.0. The van der Waals surface area contributed by atoms with Gasteiger partial charge in [-0.1, -0.05) is 31.5 Å². The molecule has 0 heterocycles. The molecule has 0 aliphatic carbocycles. The van der Waals surface area contributed by atoms with Gasteiger partial charge in [0.1, 0.15) is 5.82 Å². The molecule has 0 radical (unpaired) electrons. The highest BCUT2D eigenvalue weighted by molar-refractivity contribution is 5.85. The zero-order valence-corrected chi connectivity index (χ0v) is 12.0. The normalized spacial score (nSPS) is 10.2. The van der Waals surface area contributed by atoms with E-state index < -0.39 is 5.82 Å². The third-order valence-electron chi connectivity index (χ3n) is 3.02. The van der Waals surface area contributed by atoms with Crippen LogP contribution in [0.1, 0.15) is 25.3 Å². The number of likely N-dealkylation sites (N-methyl/N-ethyl adjacent to an activating group) is 1. The summed E-state index contributed by atoms with van der Waals surface area (Å²) in [7, 11) is 1.71. The molecule has 110 valence electrons. The Morgan fingerprint density at radius 2 is 2.00 bits per heavy atom. The van der Waals surface area contributed by atoms with Crippen molar-refractivity contribution in [2.24, 2.45) is 0 Å². The Bertz CT molecular complexity index is 463. The second kappa shape index (κ2) is 8.30. The van der Waals surface area contributed by atoms with E-state index >= 15 is 0 Å². The van der Waals surface area contributed by atoms with Crippen LogP contribution in [0.5, 0.6) is 0 Å². The van der Waals surface area contributed by atoms with Gasteiger partial charge in [0, 0.05) is 13.6 Å². The lowest BCUT2D eigenvalue weighted by molar-refractivity contribution is -0.131. The fraction of sp³-hybridized carbons (Fsp3) is 0.467. The summed E-state index contributed by atoms with van der Waals surface area (Å²) in [6.07, 6.45) is 1.89. The van der Waals surface area contributed by atoms with Crippen LogP contribution in [0.15, 0.2) is 24.3 Å². The van der Waals surface area contributed by atoms with Crippen molar-refractivity contribution in [1.29, 1.82) is 0 Å². The van der Waals surface area contributed by atoms with E-state index in [4.69, 9.17) is 0 Å². The van der Waals surface area contributed by atoms with E-state index in [1.165, 1.54) is 6.07 Å². The number of nitrogens with zero attached hydrogens (tertiary/aromatic N) is 1. The van der Waals surface area contributed by atoms with Crippen molar-refractivity contribution in [1.82, 2.24) is 10.2 Å². The topological polar surface area (TPSA) is 49.4 Å². The molecular weight excluding hydrogens is 259 g/mol. The number of hydrogen-bond acceptors (Lipinski definition) is 2. The van der Waals surface area contributed by atoms with Crippen LogP contribution in [0.4, 0.5) is 4.39 Å². The van der Waals surface area contributed by atoms with Gasteiger partial charge < -0.3 is 10.2 Å². The molecule has 0 spiro atoms. The van der Waals surface area contributed by atoms with Crippen LogP contribution in [0.3, 0.4) is 0 Å². The zero-order valence-electron chi connectivity index (χ0n) is 12.0. The Morgan fingerprint density at radius 1 is 1.30 bits per heavy atom. The average molecular weight is 280 g/mol. The number of hydrogen-bond donors (Lipinski definition) is 1. The highest BCUT2D eigenvalue weighted by Crippen LogP contribution is 2.06. The molecule has 20 heavy (non-hydrogen) atoms. The number of nitrogens with one attached hydrogen (secondary N) is 1. The van der Waals surface area contributed by atoms with E-state index in [0.717, 1.165) is 12.8 Å².